The summed E-state index contributed by atoms with van der Waals surface area (Å²) in [6.45, 7) is 2.20. The Morgan fingerprint density at radius 3 is 2.72 bits per heavy atom. The Hall–Kier alpha value is -1.80. The first kappa shape index (κ1) is 11.3. The standard InChI is InChI=1S/C16H16O2/c1-11(10-17)12-6-7-16-14(8-12)9-13-4-2-3-5-15(13)18-16/h2-8,11,17H,9-10H2,1H3. The van der Waals surface area contributed by atoms with Crippen LogP contribution in [0.1, 0.15) is 29.5 Å². The molecule has 0 amide bonds. The molecule has 0 bridgehead atoms. The van der Waals surface area contributed by atoms with E-state index < -0.39 is 0 Å². The highest BCUT2D eigenvalue weighted by atomic mass is 16.5. The minimum Gasteiger partial charge on any atom is -0.457 e. The topological polar surface area (TPSA) is 29.5 Å². The van der Waals surface area contributed by atoms with Crippen molar-refractivity contribution < 1.29 is 9.84 Å². The Labute approximate surface area is 107 Å². The number of para-hydroxylation sites is 1. The summed E-state index contributed by atoms with van der Waals surface area (Å²) in [6, 6.07) is 14.3. The highest BCUT2D eigenvalue weighted by Crippen LogP contribution is 2.37. The average molecular weight is 240 g/mol. The van der Waals surface area contributed by atoms with Crippen molar-refractivity contribution in [2.45, 2.75) is 19.3 Å². The highest BCUT2D eigenvalue weighted by molar-refractivity contribution is 5.51. The van der Waals surface area contributed by atoms with Gasteiger partial charge in [0.1, 0.15) is 11.5 Å². The predicted molar refractivity (Wildman–Crippen MR) is 71.3 cm³/mol. The van der Waals surface area contributed by atoms with Gasteiger partial charge in [-0.1, -0.05) is 37.3 Å². The molecule has 1 aliphatic heterocycles. The Balaban J connectivity index is 1.98. The van der Waals surface area contributed by atoms with Crippen molar-refractivity contribution in [1.82, 2.24) is 0 Å². The lowest BCUT2D eigenvalue weighted by atomic mass is 9.94. The van der Waals surface area contributed by atoms with Gasteiger partial charge in [-0.25, -0.2) is 0 Å². The van der Waals surface area contributed by atoms with Crippen molar-refractivity contribution in [1.29, 1.82) is 0 Å². The van der Waals surface area contributed by atoms with Crippen LogP contribution in [0.4, 0.5) is 0 Å². The first-order valence-electron chi connectivity index (χ1n) is 6.27. The number of aliphatic hydroxyl groups excluding tert-OH is 1. The van der Waals surface area contributed by atoms with E-state index in [4.69, 9.17) is 4.74 Å². The molecule has 0 spiro atoms. The molecule has 1 heterocycles. The van der Waals surface area contributed by atoms with Gasteiger partial charge in [-0.2, -0.15) is 0 Å². The molecular weight excluding hydrogens is 224 g/mol. The molecule has 1 N–H and O–H groups in total. The second-order valence-corrected chi connectivity index (χ2v) is 4.84. The molecule has 92 valence electrons. The van der Waals surface area contributed by atoms with Crippen LogP contribution < -0.4 is 4.74 Å². The van der Waals surface area contributed by atoms with Crippen LogP contribution in [-0.4, -0.2) is 11.7 Å². The molecule has 1 aliphatic rings. The van der Waals surface area contributed by atoms with Gasteiger partial charge in [-0.05, 0) is 28.8 Å². The Kier molecular flexibility index (Phi) is 2.80. The van der Waals surface area contributed by atoms with E-state index in [1.54, 1.807) is 0 Å². The molecule has 0 aliphatic carbocycles. The van der Waals surface area contributed by atoms with Crippen molar-refractivity contribution in [2.75, 3.05) is 6.61 Å². The lowest BCUT2D eigenvalue weighted by Gasteiger charge is -2.21. The normalized spacial score (nSPS) is 14.3. The van der Waals surface area contributed by atoms with E-state index in [1.165, 1.54) is 16.7 Å². The van der Waals surface area contributed by atoms with Gasteiger partial charge in [0.05, 0.1) is 0 Å². The van der Waals surface area contributed by atoms with E-state index in [0.717, 1.165) is 17.9 Å². The lowest BCUT2D eigenvalue weighted by molar-refractivity contribution is 0.273. The van der Waals surface area contributed by atoms with Gasteiger partial charge < -0.3 is 9.84 Å². The van der Waals surface area contributed by atoms with Crippen LogP contribution in [0.25, 0.3) is 0 Å². The Morgan fingerprint density at radius 2 is 1.89 bits per heavy atom. The molecule has 0 aromatic heterocycles. The molecule has 2 aromatic rings. The molecule has 0 radical (unpaired) electrons. The van der Waals surface area contributed by atoms with E-state index in [0.29, 0.717) is 0 Å². The zero-order valence-corrected chi connectivity index (χ0v) is 10.4. The summed E-state index contributed by atoms with van der Waals surface area (Å²) >= 11 is 0. The first-order chi connectivity index (χ1) is 8.78. The molecule has 0 saturated carbocycles. The number of aliphatic hydroxyl groups is 1. The smallest absolute Gasteiger partial charge is 0.130 e. The van der Waals surface area contributed by atoms with Gasteiger partial charge in [0.15, 0.2) is 0 Å². The minimum atomic E-state index is 0.174. The summed E-state index contributed by atoms with van der Waals surface area (Å²) in [5.74, 6) is 2.06. The molecular formula is C16H16O2. The molecule has 3 rings (SSSR count). The lowest BCUT2D eigenvalue weighted by Crippen LogP contribution is -2.05. The second kappa shape index (κ2) is 4.46. The minimum absolute atomic E-state index is 0.174. The quantitative estimate of drug-likeness (QED) is 0.743. The number of ether oxygens (including phenoxy) is 1. The number of hydrogen-bond donors (Lipinski definition) is 1. The molecule has 2 aromatic carbocycles. The van der Waals surface area contributed by atoms with E-state index in [9.17, 15) is 5.11 Å². The second-order valence-electron chi connectivity index (χ2n) is 4.84. The van der Waals surface area contributed by atoms with Gasteiger partial charge in [0, 0.05) is 18.9 Å². The molecule has 2 nitrogen and oxygen atoms in total. The number of rotatable bonds is 2. The van der Waals surface area contributed by atoms with Crippen LogP contribution in [0, 0.1) is 0 Å². The van der Waals surface area contributed by atoms with Crippen LogP contribution >= 0.6 is 0 Å². The van der Waals surface area contributed by atoms with E-state index in [1.807, 2.05) is 37.3 Å². The van der Waals surface area contributed by atoms with E-state index in [-0.39, 0.29) is 12.5 Å². The number of hydrogen-bond acceptors (Lipinski definition) is 2. The zero-order valence-electron chi connectivity index (χ0n) is 10.4. The van der Waals surface area contributed by atoms with Gasteiger partial charge in [-0.3, -0.25) is 0 Å². The maximum Gasteiger partial charge on any atom is 0.130 e. The summed E-state index contributed by atoms with van der Waals surface area (Å²) in [5, 5.41) is 9.22. The third kappa shape index (κ3) is 1.89. The van der Waals surface area contributed by atoms with Crippen molar-refractivity contribution in [3.05, 3.63) is 59.2 Å². The molecule has 18 heavy (non-hydrogen) atoms. The molecule has 1 atom stereocenters. The van der Waals surface area contributed by atoms with Gasteiger partial charge >= 0.3 is 0 Å². The SMILES string of the molecule is CC(CO)c1ccc2c(c1)Cc1ccccc1O2. The van der Waals surface area contributed by atoms with Gasteiger partial charge in [0.25, 0.3) is 0 Å². The van der Waals surface area contributed by atoms with Crippen LogP contribution in [0.2, 0.25) is 0 Å². The summed E-state index contributed by atoms with van der Waals surface area (Å²) in [4.78, 5) is 0. The van der Waals surface area contributed by atoms with E-state index >= 15 is 0 Å². The van der Waals surface area contributed by atoms with Crippen LogP contribution in [0.15, 0.2) is 42.5 Å². The summed E-state index contributed by atoms with van der Waals surface area (Å²) in [6.07, 6.45) is 0.900. The van der Waals surface area contributed by atoms with Crippen LogP contribution in [0.5, 0.6) is 11.5 Å². The monoisotopic (exact) mass is 240 g/mol. The Bertz CT molecular complexity index is 575. The van der Waals surface area contributed by atoms with Crippen molar-refractivity contribution in [3.63, 3.8) is 0 Å². The van der Waals surface area contributed by atoms with Gasteiger partial charge in [-0.15, -0.1) is 0 Å². The Morgan fingerprint density at radius 1 is 1.11 bits per heavy atom. The zero-order chi connectivity index (χ0) is 12.5. The fraction of sp³-hybridized carbons (Fsp3) is 0.250. The van der Waals surface area contributed by atoms with Crippen molar-refractivity contribution >= 4 is 0 Å². The third-order valence-electron chi connectivity index (χ3n) is 3.50. The maximum atomic E-state index is 9.22. The molecule has 0 saturated heterocycles. The van der Waals surface area contributed by atoms with Crippen LogP contribution in [0.3, 0.4) is 0 Å². The fourth-order valence-corrected chi connectivity index (χ4v) is 2.32. The third-order valence-corrected chi connectivity index (χ3v) is 3.50. The maximum absolute atomic E-state index is 9.22. The first-order valence-corrected chi connectivity index (χ1v) is 6.27. The summed E-state index contributed by atoms with van der Waals surface area (Å²) in [7, 11) is 0. The highest BCUT2D eigenvalue weighted by Gasteiger charge is 2.17. The van der Waals surface area contributed by atoms with E-state index in [2.05, 4.69) is 12.1 Å². The fourth-order valence-electron chi connectivity index (χ4n) is 2.32. The summed E-state index contributed by atoms with van der Waals surface area (Å²) < 4.78 is 5.88. The summed E-state index contributed by atoms with van der Waals surface area (Å²) in [5.41, 5.74) is 3.59. The molecule has 2 heteroatoms. The number of benzene rings is 2. The van der Waals surface area contributed by atoms with Crippen molar-refractivity contribution in [3.8, 4) is 11.5 Å². The largest absolute Gasteiger partial charge is 0.457 e. The van der Waals surface area contributed by atoms with Crippen molar-refractivity contribution in [2.24, 2.45) is 0 Å². The predicted octanol–water partition coefficient (Wildman–Crippen LogP) is 3.48. The molecule has 1 unspecified atom stereocenters. The number of fused-ring (bicyclic) bond motifs is 2. The van der Waals surface area contributed by atoms with Crippen LogP contribution in [-0.2, 0) is 6.42 Å². The molecule has 0 fully saturated rings. The van der Waals surface area contributed by atoms with Gasteiger partial charge in [0.2, 0.25) is 0 Å². The average Bonchev–Trinajstić information content (AvgIpc) is 2.43.